The zero-order valence-corrected chi connectivity index (χ0v) is 12.5. The van der Waals surface area contributed by atoms with Gasteiger partial charge < -0.3 is 10.6 Å². The fourth-order valence-corrected chi connectivity index (χ4v) is 1.77. The molecule has 2 N–H and O–H groups in total. The third-order valence-corrected chi connectivity index (χ3v) is 3.35. The molecule has 1 atom stereocenters. The van der Waals surface area contributed by atoms with Gasteiger partial charge in [0.25, 0.3) is 0 Å². The van der Waals surface area contributed by atoms with Gasteiger partial charge in [-0.1, -0.05) is 43.7 Å². The number of hydrogen-bond acceptors (Lipinski definition) is 2. The summed E-state index contributed by atoms with van der Waals surface area (Å²) in [5.41, 5.74) is 2.59. The van der Waals surface area contributed by atoms with E-state index >= 15 is 0 Å². The molecule has 106 valence electrons. The first-order chi connectivity index (χ1) is 8.99. The third-order valence-electron chi connectivity index (χ3n) is 3.35. The van der Waals surface area contributed by atoms with E-state index in [0.717, 1.165) is 13.0 Å². The van der Waals surface area contributed by atoms with Crippen LogP contribution in [0.3, 0.4) is 0 Å². The van der Waals surface area contributed by atoms with Crippen molar-refractivity contribution < 1.29 is 4.79 Å². The molecule has 0 aliphatic rings. The topological polar surface area (TPSA) is 41.1 Å². The molecule has 0 spiro atoms. The standard InChI is InChI=1S/C16H26N2O/c1-12(2)14(4)18-16(19)11-17-9-8-15-7-5-6-13(3)10-15/h5-7,10,12,14,17H,8-9,11H2,1-4H3,(H,18,19). The van der Waals surface area contributed by atoms with E-state index in [0.29, 0.717) is 12.5 Å². The van der Waals surface area contributed by atoms with Crippen molar-refractivity contribution >= 4 is 5.91 Å². The minimum absolute atomic E-state index is 0.0745. The molecule has 0 aliphatic heterocycles. The summed E-state index contributed by atoms with van der Waals surface area (Å²) >= 11 is 0. The van der Waals surface area contributed by atoms with Crippen LogP contribution >= 0.6 is 0 Å². The molecule has 0 fully saturated rings. The van der Waals surface area contributed by atoms with Crippen molar-refractivity contribution in [1.29, 1.82) is 0 Å². The van der Waals surface area contributed by atoms with Gasteiger partial charge in [-0.2, -0.15) is 0 Å². The van der Waals surface area contributed by atoms with Gasteiger partial charge in [-0.05, 0) is 38.3 Å². The van der Waals surface area contributed by atoms with E-state index in [1.807, 2.05) is 6.92 Å². The Morgan fingerprint density at radius 3 is 2.63 bits per heavy atom. The summed E-state index contributed by atoms with van der Waals surface area (Å²) in [4.78, 5) is 11.6. The molecule has 1 amide bonds. The van der Waals surface area contributed by atoms with Crippen molar-refractivity contribution in [2.24, 2.45) is 5.92 Å². The molecule has 1 unspecified atom stereocenters. The van der Waals surface area contributed by atoms with E-state index in [9.17, 15) is 4.79 Å². The van der Waals surface area contributed by atoms with Crippen LogP contribution in [0, 0.1) is 12.8 Å². The van der Waals surface area contributed by atoms with Crippen LogP contribution in [-0.4, -0.2) is 25.0 Å². The Bertz CT molecular complexity index is 401. The van der Waals surface area contributed by atoms with Crippen molar-refractivity contribution in [2.75, 3.05) is 13.1 Å². The first-order valence-electron chi connectivity index (χ1n) is 7.04. The van der Waals surface area contributed by atoms with Gasteiger partial charge in [-0.25, -0.2) is 0 Å². The molecule has 0 aromatic heterocycles. The lowest BCUT2D eigenvalue weighted by Crippen LogP contribution is -2.41. The Hall–Kier alpha value is -1.35. The molecule has 0 aliphatic carbocycles. The van der Waals surface area contributed by atoms with Crippen molar-refractivity contribution in [3.63, 3.8) is 0 Å². The summed E-state index contributed by atoms with van der Waals surface area (Å²) in [6, 6.07) is 8.70. The average molecular weight is 262 g/mol. The maximum absolute atomic E-state index is 11.6. The van der Waals surface area contributed by atoms with Gasteiger partial charge in [0.05, 0.1) is 6.54 Å². The van der Waals surface area contributed by atoms with E-state index in [4.69, 9.17) is 0 Å². The quantitative estimate of drug-likeness (QED) is 0.740. The van der Waals surface area contributed by atoms with Gasteiger partial charge in [-0.3, -0.25) is 4.79 Å². The van der Waals surface area contributed by atoms with E-state index in [1.54, 1.807) is 0 Å². The van der Waals surface area contributed by atoms with Crippen LogP contribution in [0.15, 0.2) is 24.3 Å². The maximum atomic E-state index is 11.6. The molecular formula is C16H26N2O. The summed E-state index contributed by atoms with van der Waals surface area (Å²) in [5.74, 6) is 0.543. The predicted molar refractivity (Wildman–Crippen MR) is 80.2 cm³/mol. The summed E-state index contributed by atoms with van der Waals surface area (Å²) in [5, 5.41) is 6.17. The molecule has 1 aromatic rings. The van der Waals surface area contributed by atoms with Crippen LogP contribution in [-0.2, 0) is 11.2 Å². The lowest BCUT2D eigenvalue weighted by molar-refractivity contribution is -0.121. The molecule has 0 heterocycles. The highest BCUT2D eigenvalue weighted by Gasteiger charge is 2.09. The minimum atomic E-state index is 0.0745. The number of aryl methyl sites for hydroxylation is 1. The number of nitrogens with one attached hydrogen (secondary N) is 2. The van der Waals surface area contributed by atoms with E-state index in [2.05, 4.69) is 55.7 Å². The molecule has 1 rings (SSSR count). The smallest absolute Gasteiger partial charge is 0.234 e. The van der Waals surface area contributed by atoms with Crippen molar-refractivity contribution in [1.82, 2.24) is 10.6 Å². The molecule has 1 aromatic carbocycles. The van der Waals surface area contributed by atoms with E-state index in [-0.39, 0.29) is 11.9 Å². The third kappa shape index (κ3) is 6.39. The molecule has 3 heteroatoms. The molecular weight excluding hydrogens is 236 g/mol. The lowest BCUT2D eigenvalue weighted by atomic mass is 10.1. The van der Waals surface area contributed by atoms with Gasteiger partial charge in [0, 0.05) is 6.04 Å². The highest BCUT2D eigenvalue weighted by atomic mass is 16.1. The minimum Gasteiger partial charge on any atom is -0.352 e. The number of carbonyl (C=O) groups excluding carboxylic acids is 1. The van der Waals surface area contributed by atoms with Crippen molar-refractivity contribution in [3.8, 4) is 0 Å². The summed E-state index contributed by atoms with van der Waals surface area (Å²) in [6.07, 6.45) is 0.953. The van der Waals surface area contributed by atoms with Crippen LogP contribution < -0.4 is 10.6 Å². The Kier molecular flexibility index (Phi) is 6.57. The fourth-order valence-electron chi connectivity index (χ4n) is 1.77. The fraction of sp³-hybridized carbons (Fsp3) is 0.562. The number of benzene rings is 1. The highest BCUT2D eigenvalue weighted by Crippen LogP contribution is 2.03. The zero-order valence-electron chi connectivity index (χ0n) is 12.5. The Morgan fingerprint density at radius 1 is 1.26 bits per heavy atom. The van der Waals surface area contributed by atoms with Crippen molar-refractivity contribution in [3.05, 3.63) is 35.4 Å². The van der Waals surface area contributed by atoms with Gasteiger partial charge in [0.15, 0.2) is 0 Å². The molecule has 3 nitrogen and oxygen atoms in total. The SMILES string of the molecule is Cc1cccc(CCNCC(=O)NC(C)C(C)C)c1. The van der Waals surface area contributed by atoms with Crippen LogP contribution in [0.1, 0.15) is 31.9 Å². The summed E-state index contributed by atoms with van der Waals surface area (Å²) < 4.78 is 0. The lowest BCUT2D eigenvalue weighted by Gasteiger charge is -2.17. The second-order valence-electron chi connectivity index (χ2n) is 5.52. The molecule has 19 heavy (non-hydrogen) atoms. The van der Waals surface area contributed by atoms with Gasteiger partial charge in [0.1, 0.15) is 0 Å². The second kappa shape index (κ2) is 7.95. The molecule has 0 bridgehead atoms. The first-order valence-corrected chi connectivity index (χ1v) is 7.04. The molecule has 0 radical (unpaired) electrons. The molecule has 0 saturated carbocycles. The Balaban J connectivity index is 2.19. The number of rotatable bonds is 7. The second-order valence-corrected chi connectivity index (χ2v) is 5.52. The zero-order chi connectivity index (χ0) is 14.3. The summed E-state index contributed by atoms with van der Waals surface area (Å²) in [6.45, 7) is 9.56. The average Bonchev–Trinajstić information content (AvgIpc) is 2.34. The summed E-state index contributed by atoms with van der Waals surface area (Å²) in [7, 11) is 0. The van der Waals surface area contributed by atoms with Crippen molar-refractivity contribution in [2.45, 2.75) is 40.2 Å². The maximum Gasteiger partial charge on any atom is 0.234 e. The van der Waals surface area contributed by atoms with Crippen LogP contribution in [0.25, 0.3) is 0 Å². The number of carbonyl (C=O) groups is 1. The predicted octanol–water partition coefficient (Wildman–Crippen LogP) is 2.29. The Morgan fingerprint density at radius 2 is 2.00 bits per heavy atom. The van der Waals surface area contributed by atoms with Gasteiger partial charge >= 0.3 is 0 Å². The van der Waals surface area contributed by atoms with Gasteiger partial charge in [0.2, 0.25) is 5.91 Å². The normalized spacial score (nSPS) is 12.5. The van der Waals surface area contributed by atoms with Crippen LogP contribution in [0.4, 0.5) is 0 Å². The number of hydrogen-bond donors (Lipinski definition) is 2. The monoisotopic (exact) mass is 262 g/mol. The first kappa shape index (κ1) is 15.7. The Labute approximate surface area is 116 Å². The van der Waals surface area contributed by atoms with Gasteiger partial charge in [-0.15, -0.1) is 0 Å². The molecule has 0 saturated heterocycles. The van der Waals surface area contributed by atoms with E-state index in [1.165, 1.54) is 11.1 Å². The van der Waals surface area contributed by atoms with Crippen LogP contribution in [0.2, 0.25) is 0 Å². The largest absolute Gasteiger partial charge is 0.352 e. The highest BCUT2D eigenvalue weighted by molar-refractivity contribution is 5.78. The number of amides is 1. The van der Waals surface area contributed by atoms with E-state index < -0.39 is 0 Å². The van der Waals surface area contributed by atoms with Crippen LogP contribution in [0.5, 0.6) is 0 Å².